The number of halogens is 2. The molecule has 2 rings (SSSR count). The molecule has 1 aromatic heterocycles. The Balaban J connectivity index is 2.48. The molecular weight excluding hydrogens is 248 g/mol. The van der Waals surface area contributed by atoms with Crippen molar-refractivity contribution >= 4 is 5.82 Å². The third kappa shape index (κ3) is 3.05. The van der Waals surface area contributed by atoms with Crippen LogP contribution in [0.1, 0.15) is 24.6 Å². The molecule has 0 aliphatic rings. The van der Waals surface area contributed by atoms with Gasteiger partial charge in [0, 0.05) is 29.9 Å². The van der Waals surface area contributed by atoms with Crippen molar-refractivity contribution in [2.24, 2.45) is 0 Å². The molecule has 0 atom stereocenters. The first-order chi connectivity index (χ1) is 9.13. The summed E-state index contributed by atoms with van der Waals surface area (Å²) in [4.78, 5) is 8.68. The molecule has 0 aliphatic heterocycles. The van der Waals surface area contributed by atoms with E-state index < -0.39 is 6.43 Å². The molecule has 5 heteroatoms. The Labute approximate surface area is 110 Å². The molecule has 0 radical (unpaired) electrons. The van der Waals surface area contributed by atoms with Crippen LogP contribution < -0.4 is 5.32 Å². The molecule has 1 N–H and O–H groups in total. The second-order valence-electron chi connectivity index (χ2n) is 4.10. The van der Waals surface area contributed by atoms with Crippen LogP contribution in [0, 0.1) is 0 Å². The summed E-state index contributed by atoms with van der Waals surface area (Å²) >= 11 is 0. The zero-order valence-corrected chi connectivity index (χ0v) is 10.8. The van der Waals surface area contributed by atoms with Gasteiger partial charge in [0.25, 0.3) is 6.43 Å². The molecule has 0 aliphatic carbocycles. The molecule has 1 aromatic carbocycles. The van der Waals surface area contributed by atoms with E-state index in [4.69, 9.17) is 0 Å². The van der Waals surface area contributed by atoms with E-state index in [1.807, 2.05) is 13.0 Å². The number of nitrogens with zero attached hydrogens (tertiary/aromatic N) is 2. The standard InChI is InChI=1S/C14H15F2N3/c1-3-11-8-12(17-2)19-14(18-11)10-6-4-5-9(7-10)13(15)16/h4-8,13H,3H2,1-2H3,(H,17,18,19). The lowest BCUT2D eigenvalue weighted by molar-refractivity contribution is 0.151. The molecule has 0 bridgehead atoms. The van der Waals surface area contributed by atoms with E-state index in [9.17, 15) is 8.78 Å². The van der Waals surface area contributed by atoms with Crippen LogP contribution >= 0.6 is 0 Å². The summed E-state index contributed by atoms with van der Waals surface area (Å²) in [7, 11) is 1.77. The van der Waals surface area contributed by atoms with E-state index in [0.29, 0.717) is 17.2 Å². The molecule has 0 fully saturated rings. The van der Waals surface area contributed by atoms with Gasteiger partial charge in [-0.3, -0.25) is 0 Å². The van der Waals surface area contributed by atoms with Gasteiger partial charge in [-0.15, -0.1) is 0 Å². The third-order valence-electron chi connectivity index (χ3n) is 2.79. The number of aromatic nitrogens is 2. The van der Waals surface area contributed by atoms with Crippen LogP contribution in [-0.4, -0.2) is 17.0 Å². The lowest BCUT2D eigenvalue weighted by atomic mass is 10.1. The van der Waals surface area contributed by atoms with Gasteiger partial charge in [-0.1, -0.05) is 25.1 Å². The van der Waals surface area contributed by atoms with Crippen molar-refractivity contribution in [3.63, 3.8) is 0 Å². The fourth-order valence-electron chi connectivity index (χ4n) is 1.75. The largest absolute Gasteiger partial charge is 0.373 e. The number of anilines is 1. The quantitative estimate of drug-likeness (QED) is 0.914. The predicted octanol–water partition coefficient (Wildman–Crippen LogP) is 3.69. The van der Waals surface area contributed by atoms with Gasteiger partial charge in [0.2, 0.25) is 0 Å². The second kappa shape index (κ2) is 5.73. The van der Waals surface area contributed by atoms with Gasteiger partial charge in [-0.25, -0.2) is 18.7 Å². The van der Waals surface area contributed by atoms with E-state index in [0.717, 1.165) is 12.1 Å². The normalized spacial score (nSPS) is 10.8. The van der Waals surface area contributed by atoms with E-state index >= 15 is 0 Å². The van der Waals surface area contributed by atoms with Crippen LogP contribution in [0.5, 0.6) is 0 Å². The molecule has 0 amide bonds. The van der Waals surface area contributed by atoms with Crippen LogP contribution in [0.15, 0.2) is 30.3 Å². The summed E-state index contributed by atoms with van der Waals surface area (Å²) in [6, 6.07) is 8.01. The zero-order valence-electron chi connectivity index (χ0n) is 10.8. The van der Waals surface area contributed by atoms with Crippen LogP contribution in [0.4, 0.5) is 14.6 Å². The molecule has 0 saturated heterocycles. The van der Waals surface area contributed by atoms with Gasteiger partial charge in [0.05, 0.1) is 0 Å². The second-order valence-corrected chi connectivity index (χ2v) is 4.10. The summed E-state index contributed by atoms with van der Waals surface area (Å²) in [6.07, 6.45) is -1.73. The average molecular weight is 263 g/mol. The maximum Gasteiger partial charge on any atom is 0.263 e. The molecular formula is C14H15F2N3. The van der Waals surface area contributed by atoms with Crippen molar-refractivity contribution in [3.8, 4) is 11.4 Å². The Kier molecular flexibility index (Phi) is 4.04. The monoisotopic (exact) mass is 263 g/mol. The summed E-state index contributed by atoms with van der Waals surface area (Å²) in [5.41, 5.74) is 1.45. The molecule has 100 valence electrons. The fourth-order valence-corrected chi connectivity index (χ4v) is 1.75. The van der Waals surface area contributed by atoms with Gasteiger partial charge in [-0.2, -0.15) is 0 Å². The minimum atomic E-state index is -2.49. The Morgan fingerprint density at radius 2 is 2.00 bits per heavy atom. The van der Waals surface area contributed by atoms with Crippen LogP contribution in [0.25, 0.3) is 11.4 Å². The van der Waals surface area contributed by atoms with Gasteiger partial charge in [0.15, 0.2) is 5.82 Å². The van der Waals surface area contributed by atoms with Gasteiger partial charge in [-0.05, 0) is 12.5 Å². The lowest BCUT2D eigenvalue weighted by Crippen LogP contribution is -2.00. The molecule has 3 nitrogen and oxygen atoms in total. The molecule has 19 heavy (non-hydrogen) atoms. The Morgan fingerprint density at radius 1 is 1.21 bits per heavy atom. The van der Waals surface area contributed by atoms with E-state index in [-0.39, 0.29) is 5.56 Å². The van der Waals surface area contributed by atoms with Crippen molar-refractivity contribution in [2.75, 3.05) is 12.4 Å². The third-order valence-corrected chi connectivity index (χ3v) is 2.79. The Morgan fingerprint density at radius 3 is 2.63 bits per heavy atom. The van der Waals surface area contributed by atoms with E-state index in [1.165, 1.54) is 12.1 Å². The van der Waals surface area contributed by atoms with Crippen molar-refractivity contribution in [1.29, 1.82) is 0 Å². The molecule has 2 aromatic rings. The highest BCUT2D eigenvalue weighted by molar-refractivity contribution is 5.58. The van der Waals surface area contributed by atoms with Crippen molar-refractivity contribution in [3.05, 3.63) is 41.6 Å². The number of alkyl halides is 2. The SMILES string of the molecule is CCc1cc(NC)nc(-c2cccc(C(F)F)c2)n1. The first kappa shape index (κ1) is 13.4. The number of rotatable bonds is 4. The fraction of sp³-hybridized carbons (Fsp3) is 0.286. The zero-order chi connectivity index (χ0) is 13.8. The molecule has 0 unspecified atom stereocenters. The number of hydrogen-bond acceptors (Lipinski definition) is 3. The van der Waals surface area contributed by atoms with E-state index in [2.05, 4.69) is 15.3 Å². The molecule has 0 saturated carbocycles. The van der Waals surface area contributed by atoms with E-state index in [1.54, 1.807) is 19.2 Å². The van der Waals surface area contributed by atoms with Gasteiger partial charge in [0.1, 0.15) is 5.82 Å². The van der Waals surface area contributed by atoms with Crippen molar-refractivity contribution in [1.82, 2.24) is 9.97 Å². The van der Waals surface area contributed by atoms with Crippen LogP contribution in [-0.2, 0) is 6.42 Å². The first-order valence-corrected chi connectivity index (χ1v) is 6.08. The van der Waals surface area contributed by atoms with Crippen molar-refractivity contribution in [2.45, 2.75) is 19.8 Å². The highest BCUT2D eigenvalue weighted by Crippen LogP contribution is 2.24. The summed E-state index contributed by atoms with van der Waals surface area (Å²) < 4.78 is 25.4. The average Bonchev–Trinajstić information content (AvgIpc) is 2.46. The van der Waals surface area contributed by atoms with Crippen molar-refractivity contribution < 1.29 is 8.78 Å². The molecule has 0 spiro atoms. The predicted molar refractivity (Wildman–Crippen MR) is 71.3 cm³/mol. The Bertz CT molecular complexity index is 548. The number of hydrogen-bond donors (Lipinski definition) is 1. The highest BCUT2D eigenvalue weighted by Gasteiger charge is 2.10. The summed E-state index contributed by atoms with van der Waals surface area (Å²) in [5.74, 6) is 1.15. The number of nitrogens with one attached hydrogen (secondary N) is 1. The smallest absolute Gasteiger partial charge is 0.263 e. The molecule has 1 heterocycles. The summed E-state index contributed by atoms with van der Waals surface area (Å²) in [5, 5.41) is 2.95. The Hall–Kier alpha value is -2.04. The highest BCUT2D eigenvalue weighted by atomic mass is 19.3. The maximum atomic E-state index is 12.7. The summed E-state index contributed by atoms with van der Waals surface area (Å²) in [6.45, 7) is 1.99. The maximum absolute atomic E-state index is 12.7. The first-order valence-electron chi connectivity index (χ1n) is 6.08. The van der Waals surface area contributed by atoms with Crippen LogP contribution in [0.2, 0.25) is 0 Å². The lowest BCUT2D eigenvalue weighted by Gasteiger charge is -2.08. The van der Waals surface area contributed by atoms with Gasteiger partial charge < -0.3 is 5.32 Å². The van der Waals surface area contributed by atoms with Gasteiger partial charge >= 0.3 is 0 Å². The van der Waals surface area contributed by atoms with Crippen LogP contribution in [0.3, 0.4) is 0 Å². The minimum Gasteiger partial charge on any atom is -0.373 e. The minimum absolute atomic E-state index is 0.0194. The number of aryl methyl sites for hydroxylation is 1. The topological polar surface area (TPSA) is 37.8 Å². The number of benzene rings is 1.